The summed E-state index contributed by atoms with van der Waals surface area (Å²) >= 11 is 0. The highest BCUT2D eigenvalue weighted by atomic mass is 16.2. The molecule has 1 aromatic rings. The number of nitrogens with zero attached hydrogens (tertiary/aromatic N) is 4. The van der Waals surface area contributed by atoms with Crippen LogP contribution in [-0.4, -0.2) is 70.3 Å². The standard InChI is InChI=1S/C19H26N4O3/c1-21(13-9-15-8-4-7-12-20-15)16(24)14-23-17(25)19(22(2)18(23)26)10-5-3-6-11-19/h4,7-8,12H,3,5-6,9-11,13-14H2,1-2H3. The fraction of sp³-hybridized carbons (Fsp3) is 0.579. The molecular formula is C19H26N4O3. The maximum atomic E-state index is 12.9. The van der Waals surface area contributed by atoms with Crippen molar-refractivity contribution in [1.82, 2.24) is 19.7 Å². The van der Waals surface area contributed by atoms with Crippen molar-refractivity contribution >= 4 is 17.8 Å². The van der Waals surface area contributed by atoms with Crippen molar-refractivity contribution in [2.45, 2.75) is 44.1 Å². The van der Waals surface area contributed by atoms with E-state index in [-0.39, 0.29) is 24.4 Å². The predicted octanol–water partition coefficient (Wildman–Crippen LogP) is 1.68. The Hall–Kier alpha value is -2.44. The van der Waals surface area contributed by atoms with Gasteiger partial charge < -0.3 is 9.80 Å². The first-order chi connectivity index (χ1) is 12.5. The Morgan fingerprint density at radius 1 is 1.23 bits per heavy atom. The van der Waals surface area contributed by atoms with Gasteiger partial charge in [0, 0.05) is 39.0 Å². The van der Waals surface area contributed by atoms with Gasteiger partial charge in [0.25, 0.3) is 5.91 Å². The average Bonchev–Trinajstić information content (AvgIpc) is 2.84. The number of urea groups is 1. The molecule has 4 amide bonds. The van der Waals surface area contributed by atoms with Crippen LogP contribution < -0.4 is 0 Å². The quantitative estimate of drug-likeness (QED) is 0.751. The molecule has 0 N–H and O–H groups in total. The number of imide groups is 1. The third-order valence-electron chi connectivity index (χ3n) is 5.63. The lowest BCUT2D eigenvalue weighted by molar-refractivity contribution is -0.139. The van der Waals surface area contributed by atoms with Gasteiger partial charge in [0.15, 0.2) is 0 Å². The molecule has 1 aromatic heterocycles. The second-order valence-corrected chi connectivity index (χ2v) is 7.21. The fourth-order valence-corrected chi connectivity index (χ4v) is 3.88. The van der Waals surface area contributed by atoms with Gasteiger partial charge >= 0.3 is 6.03 Å². The summed E-state index contributed by atoms with van der Waals surface area (Å²) in [6.07, 6.45) is 6.70. The fourth-order valence-electron chi connectivity index (χ4n) is 3.88. The van der Waals surface area contributed by atoms with Gasteiger partial charge in [-0.1, -0.05) is 25.3 Å². The van der Waals surface area contributed by atoms with Crippen molar-refractivity contribution in [3.63, 3.8) is 0 Å². The molecule has 3 rings (SSSR count). The normalized spacial score (nSPS) is 19.3. The lowest BCUT2D eigenvalue weighted by atomic mass is 9.81. The minimum absolute atomic E-state index is 0.192. The predicted molar refractivity (Wildman–Crippen MR) is 96.3 cm³/mol. The van der Waals surface area contributed by atoms with Gasteiger partial charge in [-0.25, -0.2) is 4.79 Å². The van der Waals surface area contributed by atoms with Crippen LogP contribution >= 0.6 is 0 Å². The Kier molecular flexibility index (Phi) is 5.25. The van der Waals surface area contributed by atoms with Crippen LogP contribution in [0.4, 0.5) is 4.79 Å². The molecule has 2 fully saturated rings. The van der Waals surface area contributed by atoms with Crippen LogP contribution in [0.2, 0.25) is 0 Å². The zero-order valence-electron chi connectivity index (χ0n) is 15.5. The molecule has 0 aromatic carbocycles. The zero-order chi connectivity index (χ0) is 18.7. The van der Waals surface area contributed by atoms with Crippen LogP contribution in [0.25, 0.3) is 0 Å². The zero-order valence-corrected chi connectivity index (χ0v) is 15.5. The summed E-state index contributed by atoms with van der Waals surface area (Å²) in [7, 11) is 3.37. The Bertz CT molecular complexity index is 685. The van der Waals surface area contributed by atoms with Crippen LogP contribution in [0, 0.1) is 0 Å². The highest BCUT2D eigenvalue weighted by molar-refractivity contribution is 6.08. The van der Waals surface area contributed by atoms with Gasteiger partial charge in [0.1, 0.15) is 12.1 Å². The van der Waals surface area contributed by atoms with Crippen molar-refractivity contribution < 1.29 is 14.4 Å². The average molecular weight is 358 g/mol. The first kappa shape index (κ1) is 18.4. The van der Waals surface area contributed by atoms with E-state index < -0.39 is 5.54 Å². The number of carbonyl (C=O) groups is 3. The van der Waals surface area contributed by atoms with Gasteiger partial charge in [-0.2, -0.15) is 0 Å². The molecule has 1 saturated carbocycles. The van der Waals surface area contributed by atoms with Crippen LogP contribution in [0.3, 0.4) is 0 Å². The second-order valence-electron chi connectivity index (χ2n) is 7.21. The molecular weight excluding hydrogens is 332 g/mol. The lowest BCUT2D eigenvalue weighted by Gasteiger charge is -2.35. The van der Waals surface area contributed by atoms with Crippen LogP contribution in [0.5, 0.6) is 0 Å². The van der Waals surface area contributed by atoms with E-state index in [4.69, 9.17) is 0 Å². The third kappa shape index (κ3) is 3.30. The molecule has 1 aliphatic carbocycles. The molecule has 0 unspecified atom stereocenters. The van der Waals surface area contributed by atoms with Crippen molar-refractivity contribution in [1.29, 1.82) is 0 Å². The Morgan fingerprint density at radius 2 is 1.96 bits per heavy atom. The molecule has 0 bridgehead atoms. The van der Waals surface area contributed by atoms with E-state index >= 15 is 0 Å². The highest BCUT2D eigenvalue weighted by Crippen LogP contribution is 2.39. The van der Waals surface area contributed by atoms with Gasteiger partial charge in [-0.05, 0) is 25.0 Å². The number of pyridine rings is 1. The minimum Gasteiger partial charge on any atom is -0.344 e. The van der Waals surface area contributed by atoms with Crippen molar-refractivity contribution in [2.75, 3.05) is 27.2 Å². The van der Waals surface area contributed by atoms with E-state index in [9.17, 15) is 14.4 Å². The first-order valence-electron chi connectivity index (χ1n) is 9.19. The van der Waals surface area contributed by atoms with E-state index in [1.165, 1.54) is 0 Å². The number of rotatable bonds is 5. The Morgan fingerprint density at radius 3 is 2.62 bits per heavy atom. The molecule has 0 radical (unpaired) electrons. The maximum absolute atomic E-state index is 12.9. The molecule has 140 valence electrons. The summed E-state index contributed by atoms with van der Waals surface area (Å²) in [5.41, 5.74) is 0.170. The molecule has 7 heteroatoms. The Balaban J connectivity index is 1.61. The van der Waals surface area contributed by atoms with Gasteiger partial charge in [0.05, 0.1) is 0 Å². The minimum atomic E-state index is -0.734. The summed E-state index contributed by atoms with van der Waals surface area (Å²) in [4.78, 5) is 46.5. The summed E-state index contributed by atoms with van der Waals surface area (Å²) < 4.78 is 0. The van der Waals surface area contributed by atoms with E-state index in [0.29, 0.717) is 25.8 Å². The number of aromatic nitrogens is 1. The highest BCUT2D eigenvalue weighted by Gasteiger charge is 2.55. The number of hydrogen-bond acceptors (Lipinski definition) is 4. The number of carbonyl (C=O) groups excluding carboxylic acids is 3. The van der Waals surface area contributed by atoms with Crippen molar-refractivity contribution in [2.24, 2.45) is 0 Å². The third-order valence-corrected chi connectivity index (χ3v) is 5.63. The largest absolute Gasteiger partial charge is 0.344 e. The summed E-state index contributed by atoms with van der Waals surface area (Å²) in [6.45, 7) is 0.301. The summed E-state index contributed by atoms with van der Waals surface area (Å²) in [6, 6.07) is 5.31. The first-order valence-corrected chi connectivity index (χ1v) is 9.19. The van der Waals surface area contributed by atoms with E-state index in [2.05, 4.69) is 4.98 Å². The van der Waals surface area contributed by atoms with E-state index in [1.54, 1.807) is 30.1 Å². The SMILES string of the molecule is CN(CCc1ccccn1)C(=O)CN1C(=O)N(C)C2(CCCCC2)C1=O. The van der Waals surface area contributed by atoms with Crippen LogP contribution in [0.15, 0.2) is 24.4 Å². The summed E-state index contributed by atoms with van der Waals surface area (Å²) in [5, 5.41) is 0. The van der Waals surface area contributed by atoms with Crippen molar-refractivity contribution in [3.05, 3.63) is 30.1 Å². The number of amides is 4. The van der Waals surface area contributed by atoms with Gasteiger partial charge in [0.2, 0.25) is 5.91 Å². The topological polar surface area (TPSA) is 73.8 Å². The van der Waals surface area contributed by atoms with Crippen LogP contribution in [0.1, 0.15) is 37.8 Å². The van der Waals surface area contributed by atoms with Gasteiger partial charge in [-0.15, -0.1) is 0 Å². The number of hydrogen-bond donors (Lipinski definition) is 0. The molecule has 1 saturated heterocycles. The van der Waals surface area contributed by atoms with E-state index in [0.717, 1.165) is 29.9 Å². The molecule has 2 heterocycles. The monoisotopic (exact) mass is 358 g/mol. The molecule has 1 aliphatic heterocycles. The summed E-state index contributed by atoms with van der Waals surface area (Å²) in [5.74, 6) is -0.444. The molecule has 1 spiro atoms. The molecule has 0 atom stereocenters. The van der Waals surface area contributed by atoms with Crippen molar-refractivity contribution in [3.8, 4) is 0 Å². The van der Waals surface area contributed by atoms with Gasteiger partial charge in [-0.3, -0.25) is 19.5 Å². The second kappa shape index (κ2) is 7.43. The number of likely N-dealkylation sites (N-methyl/N-ethyl adjacent to an activating group) is 2. The molecule has 2 aliphatic rings. The smallest absolute Gasteiger partial charge is 0.327 e. The van der Waals surface area contributed by atoms with E-state index in [1.807, 2.05) is 18.2 Å². The Labute approximate surface area is 154 Å². The molecule has 26 heavy (non-hydrogen) atoms. The molecule has 7 nitrogen and oxygen atoms in total. The van der Waals surface area contributed by atoms with Crippen LogP contribution in [-0.2, 0) is 16.0 Å². The maximum Gasteiger partial charge on any atom is 0.327 e. The lowest BCUT2D eigenvalue weighted by Crippen LogP contribution is -2.49.